The Bertz CT molecular complexity index is 698. The summed E-state index contributed by atoms with van der Waals surface area (Å²) in [5, 5.41) is 11.9. The van der Waals surface area contributed by atoms with E-state index in [9.17, 15) is 9.18 Å². The van der Waals surface area contributed by atoms with Gasteiger partial charge in [-0.25, -0.2) is 4.39 Å². The monoisotopic (exact) mass is 315 g/mol. The molecule has 0 aliphatic rings. The predicted octanol–water partition coefficient (Wildman–Crippen LogP) is 3.18. The van der Waals surface area contributed by atoms with Gasteiger partial charge in [-0.2, -0.15) is 0 Å². The summed E-state index contributed by atoms with van der Waals surface area (Å²) in [6.07, 6.45) is 1.11. The number of hydrogen-bond donors (Lipinski definition) is 2. The lowest BCUT2D eigenvalue weighted by atomic mass is 10.0. The second-order valence-corrected chi connectivity index (χ2v) is 5.79. The summed E-state index contributed by atoms with van der Waals surface area (Å²) in [4.78, 5) is 12.0. The van der Waals surface area contributed by atoms with Crippen LogP contribution in [0.5, 0.6) is 0 Å². The Morgan fingerprint density at radius 3 is 2.61 bits per heavy atom. The van der Waals surface area contributed by atoms with Gasteiger partial charge in [-0.3, -0.25) is 4.79 Å². The highest BCUT2D eigenvalue weighted by Gasteiger charge is 2.06. The number of rotatable bonds is 6. The Labute approximate surface area is 136 Å². The standard InChI is InChI=1S/C19H22FNO2/c1-13-3-5-16(14(2)9-13)6-8-19(23)21-11-15-4-7-18(20)17(10-15)12-22/h3-5,7,9-10,22H,6,8,11-12H2,1-2H3,(H,21,23). The van der Waals surface area contributed by atoms with E-state index < -0.39 is 5.82 Å². The number of amides is 1. The van der Waals surface area contributed by atoms with Crippen LogP contribution in [0.2, 0.25) is 0 Å². The first-order valence-electron chi connectivity index (χ1n) is 7.70. The minimum absolute atomic E-state index is 0.0418. The Morgan fingerprint density at radius 1 is 1.13 bits per heavy atom. The highest BCUT2D eigenvalue weighted by Crippen LogP contribution is 2.13. The number of carbonyl (C=O) groups excluding carboxylic acids is 1. The van der Waals surface area contributed by atoms with Gasteiger partial charge in [0.15, 0.2) is 0 Å². The third kappa shape index (κ3) is 4.89. The van der Waals surface area contributed by atoms with Crippen molar-refractivity contribution in [1.29, 1.82) is 0 Å². The first-order valence-corrected chi connectivity index (χ1v) is 7.70. The molecule has 0 saturated heterocycles. The van der Waals surface area contributed by atoms with Gasteiger partial charge in [0.1, 0.15) is 5.82 Å². The van der Waals surface area contributed by atoms with Crippen LogP contribution in [0.25, 0.3) is 0 Å². The van der Waals surface area contributed by atoms with Gasteiger partial charge in [-0.15, -0.1) is 0 Å². The molecule has 0 heterocycles. The normalized spacial score (nSPS) is 10.6. The molecular formula is C19H22FNO2. The van der Waals surface area contributed by atoms with Crippen LogP contribution in [0.15, 0.2) is 36.4 Å². The molecule has 0 radical (unpaired) electrons. The van der Waals surface area contributed by atoms with E-state index in [1.807, 2.05) is 6.92 Å². The van der Waals surface area contributed by atoms with Gasteiger partial charge in [0, 0.05) is 18.5 Å². The average Bonchev–Trinajstić information content (AvgIpc) is 2.53. The molecule has 0 aromatic heterocycles. The van der Waals surface area contributed by atoms with Gasteiger partial charge in [0.25, 0.3) is 0 Å². The minimum Gasteiger partial charge on any atom is -0.392 e. The van der Waals surface area contributed by atoms with E-state index >= 15 is 0 Å². The van der Waals surface area contributed by atoms with E-state index in [1.165, 1.54) is 22.8 Å². The Kier molecular flexibility index (Phi) is 5.88. The van der Waals surface area contributed by atoms with Crippen LogP contribution in [0, 0.1) is 19.7 Å². The Morgan fingerprint density at radius 2 is 1.91 bits per heavy atom. The van der Waals surface area contributed by atoms with Gasteiger partial charge in [-0.05, 0) is 49.1 Å². The molecule has 0 aliphatic heterocycles. The molecule has 2 aromatic carbocycles. The molecule has 4 heteroatoms. The number of hydrogen-bond acceptors (Lipinski definition) is 2. The van der Waals surface area contributed by atoms with Crippen LogP contribution in [-0.2, 0) is 24.4 Å². The van der Waals surface area contributed by atoms with Crippen molar-refractivity contribution in [1.82, 2.24) is 5.32 Å². The van der Waals surface area contributed by atoms with E-state index in [-0.39, 0.29) is 18.1 Å². The third-order valence-corrected chi connectivity index (χ3v) is 3.89. The van der Waals surface area contributed by atoms with Crippen LogP contribution < -0.4 is 5.32 Å². The third-order valence-electron chi connectivity index (χ3n) is 3.89. The summed E-state index contributed by atoms with van der Waals surface area (Å²) in [5.41, 5.74) is 4.60. The van der Waals surface area contributed by atoms with Crippen molar-refractivity contribution in [2.24, 2.45) is 0 Å². The van der Waals surface area contributed by atoms with E-state index in [1.54, 1.807) is 12.1 Å². The molecule has 0 spiro atoms. The highest BCUT2D eigenvalue weighted by molar-refractivity contribution is 5.76. The van der Waals surface area contributed by atoms with Gasteiger partial charge in [0.05, 0.1) is 6.61 Å². The van der Waals surface area contributed by atoms with Crippen molar-refractivity contribution in [2.75, 3.05) is 0 Å². The van der Waals surface area contributed by atoms with Crippen LogP contribution in [0.3, 0.4) is 0 Å². The van der Waals surface area contributed by atoms with Crippen LogP contribution in [0.4, 0.5) is 4.39 Å². The first-order chi connectivity index (χ1) is 11.0. The van der Waals surface area contributed by atoms with Crippen LogP contribution in [0.1, 0.15) is 34.2 Å². The summed E-state index contributed by atoms with van der Waals surface area (Å²) < 4.78 is 13.3. The fraction of sp³-hybridized carbons (Fsp3) is 0.316. The van der Waals surface area contributed by atoms with Crippen molar-refractivity contribution in [2.45, 2.75) is 39.8 Å². The number of nitrogens with one attached hydrogen (secondary N) is 1. The second kappa shape index (κ2) is 7.88. The van der Waals surface area contributed by atoms with E-state index in [4.69, 9.17) is 5.11 Å². The smallest absolute Gasteiger partial charge is 0.220 e. The quantitative estimate of drug-likeness (QED) is 0.860. The molecule has 2 N–H and O–H groups in total. The average molecular weight is 315 g/mol. The summed E-state index contributed by atoms with van der Waals surface area (Å²) >= 11 is 0. The molecule has 0 unspecified atom stereocenters. The topological polar surface area (TPSA) is 49.3 Å². The number of aryl methyl sites for hydroxylation is 3. The minimum atomic E-state index is -0.433. The number of halogens is 1. The first kappa shape index (κ1) is 17.2. The molecule has 23 heavy (non-hydrogen) atoms. The molecule has 0 saturated carbocycles. The molecule has 2 rings (SSSR count). The van der Waals surface area contributed by atoms with E-state index in [0.717, 1.165) is 5.56 Å². The van der Waals surface area contributed by atoms with Crippen molar-refractivity contribution in [3.63, 3.8) is 0 Å². The summed E-state index contributed by atoms with van der Waals surface area (Å²) in [7, 11) is 0. The molecule has 1 amide bonds. The summed E-state index contributed by atoms with van der Waals surface area (Å²) in [6, 6.07) is 10.7. The maximum atomic E-state index is 13.3. The number of aliphatic hydroxyl groups excluding tert-OH is 1. The van der Waals surface area contributed by atoms with Crippen molar-refractivity contribution >= 4 is 5.91 Å². The molecule has 3 nitrogen and oxygen atoms in total. The number of carbonyl (C=O) groups is 1. The molecule has 2 aromatic rings. The summed E-state index contributed by atoms with van der Waals surface area (Å²) in [6.45, 7) is 4.08. The number of aliphatic hydroxyl groups is 1. The maximum absolute atomic E-state index is 13.3. The Balaban J connectivity index is 1.85. The fourth-order valence-electron chi connectivity index (χ4n) is 2.52. The van der Waals surface area contributed by atoms with Crippen molar-refractivity contribution in [3.8, 4) is 0 Å². The lowest BCUT2D eigenvalue weighted by molar-refractivity contribution is -0.121. The van der Waals surface area contributed by atoms with E-state index in [2.05, 4.69) is 30.4 Å². The van der Waals surface area contributed by atoms with Crippen LogP contribution in [-0.4, -0.2) is 11.0 Å². The van der Waals surface area contributed by atoms with Crippen LogP contribution >= 0.6 is 0 Å². The predicted molar refractivity (Wildman–Crippen MR) is 88.4 cm³/mol. The fourth-order valence-corrected chi connectivity index (χ4v) is 2.52. The van der Waals surface area contributed by atoms with Gasteiger partial charge >= 0.3 is 0 Å². The SMILES string of the molecule is Cc1ccc(CCC(=O)NCc2ccc(F)c(CO)c2)c(C)c1. The largest absolute Gasteiger partial charge is 0.392 e. The molecule has 122 valence electrons. The molecule has 0 atom stereocenters. The number of benzene rings is 2. The molecule has 0 bridgehead atoms. The van der Waals surface area contributed by atoms with E-state index in [0.29, 0.717) is 19.4 Å². The lowest BCUT2D eigenvalue weighted by Crippen LogP contribution is -2.23. The highest BCUT2D eigenvalue weighted by atomic mass is 19.1. The molecule has 0 aliphatic carbocycles. The second-order valence-electron chi connectivity index (χ2n) is 5.79. The zero-order valence-electron chi connectivity index (χ0n) is 13.5. The zero-order valence-corrected chi connectivity index (χ0v) is 13.5. The van der Waals surface area contributed by atoms with Crippen molar-refractivity contribution < 1.29 is 14.3 Å². The Hall–Kier alpha value is -2.20. The summed E-state index contributed by atoms with van der Waals surface area (Å²) in [5.74, 6) is -0.475. The molecular weight excluding hydrogens is 293 g/mol. The zero-order chi connectivity index (χ0) is 16.8. The van der Waals surface area contributed by atoms with Gasteiger partial charge in [-0.1, -0.05) is 29.8 Å². The lowest BCUT2D eigenvalue weighted by Gasteiger charge is -2.09. The maximum Gasteiger partial charge on any atom is 0.220 e. The van der Waals surface area contributed by atoms with Crippen molar-refractivity contribution in [3.05, 3.63) is 70.0 Å². The van der Waals surface area contributed by atoms with Gasteiger partial charge < -0.3 is 10.4 Å². The molecule has 0 fully saturated rings. The van der Waals surface area contributed by atoms with Gasteiger partial charge in [0.2, 0.25) is 5.91 Å².